The first-order valence-corrected chi connectivity index (χ1v) is 17.0. The molecular formula is C32H58N8O8. The van der Waals surface area contributed by atoms with Crippen molar-refractivity contribution in [1.29, 1.82) is 0 Å². The maximum absolute atomic E-state index is 13.2. The zero-order valence-corrected chi connectivity index (χ0v) is 29.7. The number of rotatable bonds is 23. The second kappa shape index (κ2) is 23.3. The molecule has 274 valence electrons. The van der Waals surface area contributed by atoms with Gasteiger partial charge in [-0.15, -0.1) is 0 Å². The highest BCUT2D eigenvalue weighted by Gasteiger charge is 2.31. The summed E-state index contributed by atoms with van der Waals surface area (Å²) < 4.78 is 0. The van der Waals surface area contributed by atoms with Gasteiger partial charge in [-0.2, -0.15) is 0 Å². The Labute approximate surface area is 284 Å². The van der Waals surface area contributed by atoms with Crippen molar-refractivity contribution in [2.75, 3.05) is 0 Å². The van der Waals surface area contributed by atoms with Gasteiger partial charge in [0.05, 0.1) is 12.1 Å². The standard InChI is InChI=1S/C32H58N8O8/c1-9-18(17-41)34-27(43)20(11-3)36-29(45)22(13-5)38-31(47)24(15-7)40-32(48)25(16-8)39-30(46)23(14-6)37-28(44)21(12-4)35-26(42)19(33)10-2/h17-25H,9-16,33H2,1-8H3,(H,34,43)(H,35,42)(H,36,45)(H,37,44)(H,38,47)(H,39,46)(H,40,48)/t18-,19-,20-,21-,22-,23-,24-,25-/m0/s1. The molecule has 0 aliphatic heterocycles. The summed E-state index contributed by atoms with van der Waals surface area (Å²) in [4.78, 5) is 101. The minimum atomic E-state index is -1.04. The number of amides is 7. The Morgan fingerprint density at radius 3 is 0.812 bits per heavy atom. The van der Waals surface area contributed by atoms with Crippen LogP contribution in [-0.4, -0.2) is 96.0 Å². The normalized spacial score (nSPS) is 15.9. The van der Waals surface area contributed by atoms with Crippen LogP contribution in [0.4, 0.5) is 0 Å². The zero-order valence-electron chi connectivity index (χ0n) is 29.7. The van der Waals surface area contributed by atoms with Gasteiger partial charge in [0.25, 0.3) is 0 Å². The van der Waals surface area contributed by atoms with Gasteiger partial charge in [0.15, 0.2) is 0 Å². The van der Waals surface area contributed by atoms with Crippen molar-refractivity contribution >= 4 is 47.6 Å². The molecule has 0 fully saturated rings. The Hall–Kier alpha value is -4.08. The number of aldehydes is 1. The molecule has 0 saturated heterocycles. The Morgan fingerprint density at radius 1 is 0.396 bits per heavy atom. The fraction of sp³-hybridized carbons (Fsp3) is 0.750. The molecule has 0 aromatic heterocycles. The molecule has 0 aromatic rings. The van der Waals surface area contributed by atoms with Crippen LogP contribution in [0, 0.1) is 0 Å². The molecule has 0 aliphatic carbocycles. The number of hydrogen-bond donors (Lipinski definition) is 8. The molecule has 16 heteroatoms. The van der Waals surface area contributed by atoms with Gasteiger partial charge in [0.2, 0.25) is 41.4 Å². The molecule has 48 heavy (non-hydrogen) atoms. The van der Waals surface area contributed by atoms with E-state index in [-0.39, 0.29) is 38.5 Å². The third kappa shape index (κ3) is 14.4. The number of carbonyl (C=O) groups is 8. The average molecular weight is 683 g/mol. The van der Waals surface area contributed by atoms with Crippen LogP contribution in [0.25, 0.3) is 0 Å². The van der Waals surface area contributed by atoms with E-state index in [4.69, 9.17) is 5.73 Å². The van der Waals surface area contributed by atoms with Crippen LogP contribution in [0.15, 0.2) is 0 Å². The second-order valence-corrected chi connectivity index (χ2v) is 11.5. The minimum Gasteiger partial charge on any atom is -0.345 e. The molecule has 0 saturated carbocycles. The molecule has 0 aliphatic rings. The van der Waals surface area contributed by atoms with Gasteiger partial charge >= 0.3 is 0 Å². The molecule has 0 rings (SSSR count). The molecular weight excluding hydrogens is 624 g/mol. The number of nitrogens with one attached hydrogen (secondary N) is 7. The van der Waals surface area contributed by atoms with Gasteiger partial charge in [-0.1, -0.05) is 55.4 Å². The Kier molecular flexibility index (Phi) is 21.3. The van der Waals surface area contributed by atoms with Gasteiger partial charge in [0.1, 0.15) is 42.5 Å². The lowest BCUT2D eigenvalue weighted by Gasteiger charge is -2.26. The van der Waals surface area contributed by atoms with Crippen LogP contribution in [0.3, 0.4) is 0 Å². The van der Waals surface area contributed by atoms with E-state index in [1.807, 2.05) is 0 Å². The molecule has 0 bridgehead atoms. The molecule has 9 N–H and O–H groups in total. The fourth-order valence-corrected chi connectivity index (χ4v) is 4.46. The van der Waals surface area contributed by atoms with E-state index in [2.05, 4.69) is 37.2 Å². The summed E-state index contributed by atoms with van der Waals surface area (Å²) >= 11 is 0. The summed E-state index contributed by atoms with van der Waals surface area (Å²) in [6.07, 6.45) is 2.65. The molecule has 7 amide bonds. The highest BCUT2D eigenvalue weighted by molar-refractivity contribution is 5.97. The van der Waals surface area contributed by atoms with Crippen molar-refractivity contribution in [1.82, 2.24) is 37.2 Å². The lowest BCUT2D eigenvalue weighted by atomic mass is 10.1. The average Bonchev–Trinajstić information content (AvgIpc) is 3.09. The van der Waals surface area contributed by atoms with Crippen LogP contribution in [0.2, 0.25) is 0 Å². The first kappa shape index (κ1) is 43.9. The van der Waals surface area contributed by atoms with Crippen LogP contribution >= 0.6 is 0 Å². The molecule has 0 spiro atoms. The molecule has 0 unspecified atom stereocenters. The SMILES string of the molecule is CC[C@@H](C=O)NC(=O)[C@H](CC)NC(=O)[C@H](CC)NC(=O)[C@H](CC)NC(=O)[C@H](CC)NC(=O)[C@H](CC)NC(=O)[C@H](CC)NC(=O)[C@@H](N)CC. The van der Waals surface area contributed by atoms with Crippen LogP contribution < -0.4 is 43.0 Å². The van der Waals surface area contributed by atoms with E-state index in [9.17, 15) is 38.4 Å². The van der Waals surface area contributed by atoms with Crippen molar-refractivity contribution in [3.8, 4) is 0 Å². The quantitative estimate of drug-likeness (QED) is 0.0627. The highest BCUT2D eigenvalue weighted by Crippen LogP contribution is 2.04. The van der Waals surface area contributed by atoms with Crippen molar-refractivity contribution in [3.05, 3.63) is 0 Å². The van der Waals surface area contributed by atoms with E-state index in [0.717, 1.165) is 0 Å². The third-order valence-corrected chi connectivity index (χ3v) is 7.96. The smallest absolute Gasteiger partial charge is 0.243 e. The number of nitrogens with two attached hydrogens (primary N) is 1. The lowest BCUT2D eigenvalue weighted by Crippen LogP contribution is -2.59. The summed E-state index contributed by atoms with van der Waals surface area (Å²) in [6.45, 7) is 13.6. The van der Waals surface area contributed by atoms with Crippen LogP contribution in [0.1, 0.15) is 107 Å². The summed E-state index contributed by atoms with van der Waals surface area (Å²) in [5.74, 6) is -4.05. The summed E-state index contributed by atoms with van der Waals surface area (Å²) in [6, 6.07) is -7.36. The van der Waals surface area contributed by atoms with Crippen LogP contribution in [-0.2, 0) is 38.4 Å². The lowest BCUT2D eigenvalue weighted by molar-refractivity contribution is -0.135. The maximum Gasteiger partial charge on any atom is 0.243 e. The van der Waals surface area contributed by atoms with Crippen molar-refractivity contribution in [3.63, 3.8) is 0 Å². The monoisotopic (exact) mass is 682 g/mol. The predicted octanol–water partition coefficient (Wildman–Crippen LogP) is -0.814. The topological polar surface area (TPSA) is 247 Å². The van der Waals surface area contributed by atoms with E-state index >= 15 is 0 Å². The predicted molar refractivity (Wildman–Crippen MR) is 180 cm³/mol. The Morgan fingerprint density at radius 2 is 0.625 bits per heavy atom. The zero-order chi connectivity index (χ0) is 37.0. The fourth-order valence-electron chi connectivity index (χ4n) is 4.46. The van der Waals surface area contributed by atoms with Gasteiger partial charge in [-0.05, 0) is 51.4 Å². The van der Waals surface area contributed by atoms with Gasteiger partial charge in [-0.25, -0.2) is 0 Å². The van der Waals surface area contributed by atoms with Gasteiger partial charge < -0.3 is 47.7 Å². The van der Waals surface area contributed by atoms with Crippen molar-refractivity contribution < 1.29 is 38.4 Å². The van der Waals surface area contributed by atoms with Gasteiger partial charge in [-0.3, -0.25) is 33.6 Å². The molecule has 0 heterocycles. The largest absolute Gasteiger partial charge is 0.345 e. The first-order chi connectivity index (χ1) is 22.7. The van der Waals surface area contributed by atoms with Crippen molar-refractivity contribution in [2.24, 2.45) is 5.73 Å². The third-order valence-electron chi connectivity index (χ3n) is 7.96. The molecule has 16 nitrogen and oxygen atoms in total. The summed E-state index contributed by atoms with van der Waals surface area (Å²) in [5.41, 5.74) is 5.74. The molecule has 0 radical (unpaired) electrons. The van der Waals surface area contributed by atoms with E-state index < -0.39 is 89.7 Å². The Balaban J connectivity index is 5.42. The summed E-state index contributed by atoms with van der Waals surface area (Å²) in [5, 5.41) is 18.2. The Bertz CT molecular complexity index is 1100. The van der Waals surface area contributed by atoms with Gasteiger partial charge in [0, 0.05) is 0 Å². The molecule has 0 aromatic carbocycles. The van der Waals surface area contributed by atoms with Crippen molar-refractivity contribution in [2.45, 2.75) is 155 Å². The maximum atomic E-state index is 13.2. The number of hydrogen-bond acceptors (Lipinski definition) is 9. The highest BCUT2D eigenvalue weighted by atomic mass is 16.2. The second-order valence-electron chi connectivity index (χ2n) is 11.5. The van der Waals surface area contributed by atoms with E-state index in [1.165, 1.54) is 0 Å². The number of carbonyl (C=O) groups excluding carboxylic acids is 8. The summed E-state index contributed by atoms with van der Waals surface area (Å²) in [7, 11) is 0. The minimum absolute atomic E-state index is 0.170. The van der Waals surface area contributed by atoms with Crippen LogP contribution in [0.5, 0.6) is 0 Å². The molecule has 8 atom stereocenters. The van der Waals surface area contributed by atoms with E-state index in [0.29, 0.717) is 19.1 Å². The first-order valence-electron chi connectivity index (χ1n) is 17.0. The van der Waals surface area contributed by atoms with E-state index in [1.54, 1.807) is 55.4 Å².